The molecule has 62 valence electrons. The van der Waals surface area contributed by atoms with Gasteiger partial charge in [-0.05, 0) is 19.3 Å². The van der Waals surface area contributed by atoms with Crippen LogP contribution in [0.4, 0.5) is 0 Å². The number of hydrogen-bond acceptors (Lipinski definition) is 2. The lowest BCUT2D eigenvalue weighted by atomic mass is 9.78. The topological polar surface area (TPSA) is 24.4 Å². The van der Waals surface area contributed by atoms with Crippen LogP contribution in [0.5, 0.6) is 0 Å². The van der Waals surface area contributed by atoms with E-state index < -0.39 is 0 Å². The minimum atomic E-state index is 0.347. The summed E-state index contributed by atoms with van der Waals surface area (Å²) in [7, 11) is 0. The van der Waals surface area contributed by atoms with Gasteiger partial charge in [-0.15, -0.1) is 0 Å². The molecular formula is C9H16N2. The van der Waals surface area contributed by atoms with Crippen molar-refractivity contribution in [1.29, 1.82) is 0 Å². The summed E-state index contributed by atoms with van der Waals surface area (Å²) >= 11 is 0. The average molecular weight is 152 g/mol. The fourth-order valence-electron chi connectivity index (χ4n) is 1.80. The summed E-state index contributed by atoms with van der Waals surface area (Å²) in [6.45, 7) is 5.49. The molecule has 11 heavy (non-hydrogen) atoms. The number of nitrogens with one attached hydrogen (secondary N) is 1. The van der Waals surface area contributed by atoms with Crippen LogP contribution in [0.15, 0.2) is 4.99 Å². The van der Waals surface area contributed by atoms with Gasteiger partial charge in [-0.25, -0.2) is 0 Å². The van der Waals surface area contributed by atoms with Crippen molar-refractivity contribution in [2.24, 2.45) is 10.9 Å². The van der Waals surface area contributed by atoms with Crippen LogP contribution < -0.4 is 5.32 Å². The summed E-state index contributed by atoms with van der Waals surface area (Å²) in [5.74, 6) is 1.81. The van der Waals surface area contributed by atoms with Gasteiger partial charge >= 0.3 is 0 Å². The van der Waals surface area contributed by atoms with Crippen molar-refractivity contribution in [2.75, 3.05) is 6.54 Å². The van der Waals surface area contributed by atoms with Gasteiger partial charge in [0.15, 0.2) is 0 Å². The van der Waals surface area contributed by atoms with E-state index in [1.54, 1.807) is 0 Å². The average Bonchev–Trinajstić information content (AvgIpc) is 2.28. The molecule has 2 rings (SSSR count). The van der Waals surface area contributed by atoms with Gasteiger partial charge in [0, 0.05) is 12.5 Å². The first-order valence-electron chi connectivity index (χ1n) is 4.55. The third-order valence-electron chi connectivity index (χ3n) is 2.79. The summed E-state index contributed by atoms with van der Waals surface area (Å²) in [5.41, 5.74) is 0.347. The molecule has 2 aliphatic rings. The van der Waals surface area contributed by atoms with E-state index in [-0.39, 0.29) is 0 Å². The number of amidine groups is 1. The van der Waals surface area contributed by atoms with Crippen molar-refractivity contribution in [3.05, 3.63) is 0 Å². The predicted octanol–water partition coefficient (Wildman–Crippen LogP) is 1.57. The van der Waals surface area contributed by atoms with Gasteiger partial charge < -0.3 is 5.32 Å². The Kier molecular flexibility index (Phi) is 1.44. The van der Waals surface area contributed by atoms with E-state index in [9.17, 15) is 0 Å². The van der Waals surface area contributed by atoms with Crippen LogP contribution in [0.1, 0.15) is 33.1 Å². The second kappa shape index (κ2) is 2.23. The first-order valence-corrected chi connectivity index (χ1v) is 4.55. The third kappa shape index (κ3) is 1.05. The monoisotopic (exact) mass is 152 g/mol. The molecule has 2 nitrogen and oxygen atoms in total. The lowest BCUT2D eigenvalue weighted by Gasteiger charge is -2.33. The van der Waals surface area contributed by atoms with E-state index >= 15 is 0 Å². The summed E-state index contributed by atoms with van der Waals surface area (Å²) in [6, 6.07) is 0. The highest BCUT2D eigenvalue weighted by molar-refractivity contribution is 5.86. The molecule has 1 spiro atoms. The Balaban J connectivity index is 2.09. The summed E-state index contributed by atoms with van der Waals surface area (Å²) in [5, 5.41) is 3.40. The molecule has 2 heteroatoms. The van der Waals surface area contributed by atoms with Crippen LogP contribution in [0.3, 0.4) is 0 Å². The van der Waals surface area contributed by atoms with Crippen LogP contribution in [0, 0.1) is 5.92 Å². The zero-order chi connectivity index (χ0) is 7.90. The molecule has 1 heterocycles. The van der Waals surface area contributed by atoms with Crippen LogP contribution in [0.2, 0.25) is 0 Å². The smallest absolute Gasteiger partial charge is 0.0997 e. The van der Waals surface area contributed by atoms with E-state index in [1.165, 1.54) is 25.1 Å². The van der Waals surface area contributed by atoms with Gasteiger partial charge in [0.05, 0.1) is 11.4 Å². The summed E-state index contributed by atoms with van der Waals surface area (Å²) in [4.78, 5) is 4.73. The van der Waals surface area contributed by atoms with Crippen LogP contribution >= 0.6 is 0 Å². The van der Waals surface area contributed by atoms with E-state index in [2.05, 4.69) is 19.2 Å². The molecule has 0 aromatic heterocycles. The molecule has 1 saturated carbocycles. The fraction of sp³-hybridized carbons (Fsp3) is 0.889. The van der Waals surface area contributed by atoms with Crippen molar-refractivity contribution in [3.63, 3.8) is 0 Å². The Bertz CT molecular complexity index is 190. The minimum Gasteiger partial charge on any atom is -0.371 e. The third-order valence-corrected chi connectivity index (χ3v) is 2.79. The molecule has 1 aliphatic heterocycles. The molecule has 0 unspecified atom stereocenters. The van der Waals surface area contributed by atoms with Crippen molar-refractivity contribution in [3.8, 4) is 0 Å². The molecule has 1 aliphatic carbocycles. The van der Waals surface area contributed by atoms with Crippen molar-refractivity contribution in [1.82, 2.24) is 5.32 Å². The second-order valence-electron chi connectivity index (χ2n) is 4.08. The maximum atomic E-state index is 4.73. The fourth-order valence-corrected chi connectivity index (χ4v) is 1.80. The lowest BCUT2D eigenvalue weighted by molar-refractivity contribution is 0.268. The van der Waals surface area contributed by atoms with E-state index in [4.69, 9.17) is 4.99 Å². The highest BCUT2D eigenvalue weighted by atomic mass is 15.1. The van der Waals surface area contributed by atoms with Crippen molar-refractivity contribution in [2.45, 2.75) is 38.6 Å². The number of rotatable bonds is 1. The van der Waals surface area contributed by atoms with Gasteiger partial charge in [-0.1, -0.05) is 13.8 Å². The molecular weight excluding hydrogens is 136 g/mol. The van der Waals surface area contributed by atoms with Crippen LogP contribution in [0.25, 0.3) is 0 Å². The van der Waals surface area contributed by atoms with Crippen molar-refractivity contribution >= 4 is 5.84 Å². The summed E-state index contributed by atoms with van der Waals surface area (Å²) < 4.78 is 0. The first-order chi connectivity index (χ1) is 5.22. The van der Waals surface area contributed by atoms with Gasteiger partial charge in [0.2, 0.25) is 0 Å². The van der Waals surface area contributed by atoms with E-state index in [0.29, 0.717) is 11.5 Å². The Morgan fingerprint density at radius 1 is 1.45 bits per heavy atom. The maximum Gasteiger partial charge on any atom is 0.0997 e. The lowest BCUT2D eigenvalue weighted by Crippen LogP contribution is -2.39. The largest absolute Gasteiger partial charge is 0.371 e. The van der Waals surface area contributed by atoms with Gasteiger partial charge in [0.1, 0.15) is 0 Å². The molecule has 0 radical (unpaired) electrons. The molecule has 0 atom stereocenters. The molecule has 0 bridgehead atoms. The summed E-state index contributed by atoms with van der Waals surface area (Å²) in [6.07, 6.45) is 3.98. The van der Waals surface area contributed by atoms with Gasteiger partial charge in [-0.3, -0.25) is 4.99 Å². The quantitative estimate of drug-likeness (QED) is 0.606. The standard InChI is InChI=1S/C9H16N2/c1-7(2)8-10-6-9(11-8)4-3-5-9/h7H,3-6H2,1-2H3,(H,10,11). The number of hydrogen-bond donors (Lipinski definition) is 1. The molecule has 0 aromatic carbocycles. The zero-order valence-corrected chi connectivity index (χ0v) is 7.35. The minimum absolute atomic E-state index is 0.347. The molecule has 0 saturated heterocycles. The Morgan fingerprint density at radius 3 is 2.45 bits per heavy atom. The maximum absolute atomic E-state index is 4.73. The number of aliphatic imine (C=N–C) groups is 1. The molecule has 0 aromatic rings. The zero-order valence-electron chi connectivity index (χ0n) is 7.35. The van der Waals surface area contributed by atoms with E-state index in [1.807, 2.05) is 0 Å². The van der Waals surface area contributed by atoms with Crippen LogP contribution in [-0.2, 0) is 0 Å². The van der Waals surface area contributed by atoms with Gasteiger partial charge in [-0.2, -0.15) is 0 Å². The Hall–Kier alpha value is -0.530. The Morgan fingerprint density at radius 2 is 2.18 bits per heavy atom. The van der Waals surface area contributed by atoms with E-state index in [0.717, 1.165) is 6.54 Å². The normalized spacial score (nSPS) is 26.6. The molecule has 1 N–H and O–H groups in total. The highest BCUT2D eigenvalue weighted by Crippen LogP contribution is 2.37. The highest BCUT2D eigenvalue weighted by Gasteiger charge is 2.40. The van der Waals surface area contributed by atoms with Gasteiger partial charge in [0.25, 0.3) is 0 Å². The molecule has 0 amide bonds. The Labute approximate surface area is 68.1 Å². The van der Waals surface area contributed by atoms with Crippen molar-refractivity contribution < 1.29 is 0 Å². The SMILES string of the molecule is CC(C)C1=NC2(CCC2)CN1. The first kappa shape index (κ1) is 7.14. The number of nitrogens with zero attached hydrogens (tertiary/aromatic N) is 1. The second-order valence-corrected chi connectivity index (χ2v) is 4.08. The predicted molar refractivity (Wildman–Crippen MR) is 46.9 cm³/mol. The van der Waals surface area contributed by atoms with Crippen LogP contribution in [-0.4, -0.2) is 17.9 Å². The molecule has 1 fully saturated rings.